The highest BCUT2D eigenvalue weighted by Crippen LogP contribution is 2.15. The molecule has 4 nitrogen and oxygen atoms in total. The molecular formula is C20H17ClFN3O. The summed E-state index contributed by atoms with van der Waals surface area (Å²) in [6.45, 7) is 0.667. The van der Waals surface area contributed by atoms with Gasteiger partial charge in [0.1, 0.15) is 11.5 Å². The zero-order valence-corrected chi connectivity index (χ0v) is 14.6. The van der Waals surface area contributed by atoms with Gasteiger partial charge in [-0.05, 0) is 29.8 Å². The SMILES string of the molecule is O=C(NCc1ccccc1Cl)c1ccc(NCc2ccccc2F)cn1. The van der Waals surface area contributed by atoms with Gasteiger partial charge in [-0.15, -0.1) is 0 Å². The Balaban J connectivity index is 1.56. The van der Waals surface area contributed by atoms with Crippen molar-refractivity contribution in [3.8, 4) is 0 Å². The number of aromatic nitrogens is 1. The summed E-state index contributed by atoms with van der Waals surface area (Å²) in [5.74, 6) is -0.547. The third kappa shape index (κ3) is 4.58. The van der Waals surface area contributed by atoms with Crippen LogP contribution in [0.2, 0.25) is 5.02 Å². The van der Waals surface area contributed by atoms with Gasteiger partial charge in [0, 0.05) is 23.7 Å². The number of anilines is 1. The summed E-state index contributed by atoms with van der Waals surface area (Å²) in [7, 11) is 0. The summed E-state index contributed by atoms with van der Waals surface area (Å²) in [5, 5.41) is 6.47. The summed E-state index contributed by atoms with van der Waals surface area (Å²) >= 11 is 6.07. The van der Waals surface area contributed by atoms with Gasteiger partial charge in [-0.1, -0.05) is 48.0 Å². The van der Waals surface area contributed by atoms with Crippen LogP contribution >= 0.6 is 11.6 Å². The van der Waals surface area contributed by atoms with Gasteiger partial charge in [0.05, 0.1) is 11.9 Å². The molecule has 2 aromatic carbocycles. The average Bonchev–Trinajstić information content (AvgIpc) is 2.67. The number of amides is 1. The molecular weight excluding hydrogens is 353 g/mol. The molecule has 0 spiro atoms. The van der Waals surface area contributed by atoms with Crippen LogP contribution in [0.4, 0.5) is 10.1 Å². The monoisotopic (exact) mass is 369 g/mol. The van der Waals surface area contributed by atoms with E-state index in [0.29, 0.717) is 35.1 Å². The number of rotatable bonds is 6. The van der Waals surface area contributed by atoms with Gasteiger partial charge in [0.2, 0.25) is 0 Å². The molecule has 1 amide bonds. The molecule has 3 aromatic rings. The van der Waals surface area contributed by atoms with E-state index in [2.05, 4.69) is 15.6 Å². The van der Waals surface area contributed by atoms with E-state index in [1.165, 1.54) is 6.07 Å². The quantitative estimate of drug-likeness (QED) is 0.676. The van der Waals surface area contributed by atoms with Crippen LogP contribution in [0.25, 0.3) is 0 Å². The first-order valence-corrected chi connectivity index (χ1v) is 8.46. The lowest BCUT2D eigenvalue weighted by molar-refractivity contribution is 0.0946. The smallest absolute Gasteiger partial charge is 0.270 e. The maximum Gasteiger partial charge on any atom is 0.270 e. The summed E-state index contributed by atoms with van der Waals surface area (Å²) in [4.78, 5) is 16.3. The Kier molecular flexibility index (Phi) is 5.81. The van der Waals surface area contributed by atoms with Crippen molar-refractivity contribution in [2.75, 3.05) is 5.32 Å². The van der Waals surface area contributed by atoms with Crippen LogP contribution in [-0.4, -0.2) is 10.9 Å². The van der Waals surface area contributed by atoms with Crippen LogP contribution in [0, 0.1) is 5.82 Å². The van der Waals surface area contributed by atoms with Crippen molar-refractivity contribution in [2.45, 2.75) is 13.1 Å². The van der Waals surface area contributed by atoms with Gasteiger partial charge in [0.25, 0.3) is 5.91 Å². The fourth-order valence-corrected chi connectivity index (χ4v) is 2.58. The number of nitrogens with one attached hydrogen (secondary N) is 2. The molecule has 0 aliphatic heterocycles. The second-order valence-corrected chi connectivity index (χ2v) is 6.06. The molecule has 1 heterocycles. The Morgan fingerprint density at radius 2 is 1.69 bits per heavy atom. The van der Waals surface area contributed by atoms with Crippen molar-refractivity contribution in [1.82, 2.24) is 10.3 Å². The van der Waals surface area contributed by atoms with E-state index >= 15 is 0 Å². The molecule has 0 aliphatic rings. The largest absolute Gasteiger partial charge is 0.380 e. The van der Waals surface area contributed by atoms with Gasteiger partial charge >= 0.3 is 0 Å². The highest BCUT2D eigenvalue weighted by atomic mass is 35.5. The summed E-state index contributed by atoms with van der Waals surface area (Å²) in [6, 6.07) is 17.2. The highest BCUT2D eigenvalue weighted by molar-refractivity contribution is 6.31. The first kappa shape index (κ1) is 17.9. The molecule has 132 valence electrons. The number of pyridine rings is 1. The minimum absolute atomic E-state index is 0.261. The minimum Gasteiger partial charge on any atom is -0.380 e. The van der Waals surface area contributed by atoms with Crippen LogP contribution in [0.3, 0.4) is 0 Å². The summed E-state index contributed by atoms with van der Waals surface area (Å²) < 4.78 is 13.6. The molecule has 0 saturated heterocycles. The third-order valence-corrected chi connectivity index (χ3v) is 4.20. The fourth-order valence-electron chi connectivity index (χ4n) is 2.38. The van der Waals surface area contributed by atoms with Crippen molar-refractivity contribution in [3.05, 3.63) is 94.5 Å². The molecule has 2 N–H and O–H groups in total. The number of benzene rings is 2. The Hall–Kier alpha value is -2.92. The van der Waals surface area contributed by atoms with Crippen molar-refractivity contribution in [2.24, 2.45) is 0 Å². The van der Waals surface area contributed by atoms with E-state index in [-0.39, 0.29) is 11.7 Å². The molecule has 0 aliphatic carbocycles. The van der Waals surface area contributed by atoms with Crippen LogP contribution in [-0.2, 0) is 13.1 Å². The number of hydrogen-bond donors (Lipinski definition) is 2. The van der Waals surface area contributed by atoms with E-state index in [0.717, 1.165) is 5.56 Å². The second-order valence-electron chi connectivity index (χ2n) is 5.65. The lowest BCUT2D eigenvalue weighted by Crippen LogP contribution is -2.23. The number of nitrogens with zero attached hydrogens (tertiary/aromatic N) is 1. The van der Waals surface area contributed by atoms with Crippen LogP contribution in [0.1, 0.15) is 21.6 Å². The van der Waals surface area contributed by atoms with E-state index in [4.69, 9.17) is 11.6 Å². The Morgan fingerprint density at radius 3 is 2.38 bits per heavy atom. The molecule has 3 rings (SSSR count). The van der Waals surface area contributed by atoms with Gasteiger partial charge in [-0.3, -0.25) is 4.79 Å². The maximum absolute atomic E-state index is 13.6. The molecule has 0 fully saturated rings. The lowest BCUT2D eigenvalue weighted by atomic mass is 10.2. The lowest BCUT2D eigenvalue weighted by Gasteiger charge is -2.09. The predicted molar refractivity (Wildman–Crippen MR) is 101 cm³/mol. The topological polar surface area (TPSA) is 54.0 Å². The number of carbonyl (C=O) groups excluding carboxylic acids is 1. The van der Waals surface area contributed by atoms with E-state index in [1.54, 1.807) is 42.6 Å². The van der Waals surface area contributed by atoms with Crippen molar-refractivity contribution >= 4 is 23.2 Å². The average molecular weight is 370 g/mol. The van der Waals surface area contributed by atoms with Crippen molar-refractivity contribution < 1.29 is 9.18 Å². The Morgan fingerprint density at radius 1 is 0.962 bits per heavy atom. The van der Waals surface area contributed by atoms with Crippen LogP contribution < -0.4 is 10.6 Å². The van der Waals surface area contributed by atoms with Crippen molar-refractivity contribution in [3.63, 3.8) is 0 Å². The maximum atomic E-state index is 13.6. The normalized spacial score (nSPS) is 10.4. The van der Waals surface area contributed by atoms with Gasteiger partial charge in [0.15, 0.2) is 0 Å². The molecule has 6 heteroatoms. The zero-order valence-electron chi connectivity index (χ0n) is 13.9. The third-order valence-electron chi connectivity index (χ3n) is 3.83. The van der Waals surface area contributed by atoms with Gasteiger partial charge in [-0.2, -0.15) is 0 Å². The van der Waals surface area contributed by atoms with E-state index in [9.17, 15) is 9.18 Å². The first-order chi connectivity index (χ1) is 12.6. The molecule has 0 radical (unpaired) electrons. The highest BCUT2D eigenvalue weighted by Gasteiger charge is 2.08. The van der Waals surface area contributed by atoms with Crippen molar-refractivity contribution in [1.29, 1.82) is 0 Å². The molecule has 26 heavy (non-hydrogen) atoms. The van der Waals surface area contributed by atoms with Gasteiger partial charge < -0.3 is 10.6 Å². The number of hydrogen-bond acceptors (Lipinski definition) is 3. The first-order valence-electron chi connectivity index (χ1n) is 8.08. The summed E-state index contributed by atoms with van der Waals surface area (Å²) in [5.41, 5.74) is 2.41. The Labute approximate surface area is 156 Å². The van der Waals surface area contributed by atoms with Gasteiger partial charge in [-0.25, -0.2) is 9.37 Å². The Bertz CT molecular complexity index is 900. The zero-order chi connectivity index (χ0) is 18.4. The number of carbonyl (C=O) groups is 1. The fraction of sp³-hybridized carbons (Fsp3) is 0.100. The predicted octanol–water partition coefficient (Wildman–Crippen LogP) is 4.42. The molecule has 0 atom stereocenters. The summed E-state index contributed by atoms with van der Waals surface area (Å²) in [6.07, 6.45) is 1.55. The standard InChI is InChI=1S/C20H17ClFN3O/c21-17-7-3-1-5-14(17)11-25-20(26)19-10-9-16(13-24-19)23-12-15-6-2-4-8-18(15)22/h1-10,13,23H,11-12H2,(H,25,26). The molecule has 0 saturated carbocycles. The van der Waals surface area contributed by atoms with E-state index in [1.807, 2.05) is 18.2 Å². The van der Waals surface area contributed by atoms with Crippen LogP contribution in [0.5, 0.6) is 0 Å². The minimum atomic E-state index is -0.287. The van der Waals surface area contributed by atoms with Crippen LogP contribution in [0.15, 0.2) is 66.9 Å². The molecule has 0 unspecified atom stereocenters. The van der Waals surface area contributed by atoms with E-state index < -0.39 is 0 Å². The number of halogens is 2. The molecule has 1 aromatic heterocycles. The molecule has 0 bridgehead atoms. The second kappa shape index (κ2) is 8.45.